The predicted molar refractivity (Wildman–Crippen MR) is 73.9 cm³/mol. The van der Waals surface area contributed by atoms with Crippen molar-refractivity contribution in [2.24, 2.45) is 0 Å². The van der Waals surface area contributed by atoms with Crippen LogP contribution in [0.4, 0.5) is 20.4 Å². The molecule has 1 fully saturated rings. The van der Waals surface area contributed by atoms with Crippen LogP contribution in [0.2, 0.25) is 0 Å². The third kappa shape index (κ3) is 2.52. The van der Waals surface area contributed by atoms with Crippen LogP contribution in [0.3, 0.4) is 0 Å². The van der Waals surface area contributed by atoms with Gasteiger partial charge >= 0.3 is 0 Å². The second kappa shape index (κ2) is 5.37. The van der Waals surface area contributed by atoms with Gasteiger partial charge in [0.15, 0.2) is 11.6 Å². The number of imide groups is 1. The Hall–Kier alpha value is -2.49. The van der Waals surface area contributed by atoms with Crippen LogP contribution in [0.1, 0.15) is 6.42 Å². The molecule has 1 atom stereocenters. The number of nitrogens with two attached hydrogens (primary N) is 1. The molecule has 3 rings (SSSR count). The number of hydrogen-bond acceptors (Lipinski definition) is 6. The van der Waals surface area contributed by atoms with Crippen LogP contribution in [0, 0.1) is 11.6 Å². The number of aromatic amines is 1. The highest BCUT2D eigenvalue weighted by Crippen LogP contribution is 2.32. The van der Waals surface area contributed by atoms with E-state index in [0.717, 1.165) is 28.8 Å². The lowest BCUT2D eigenvalue weighted by Crippen LogP contribution is -2.31. The van der Waals surface area contributed by atoms with Crippen LogP contribution >= 0.6 is 11.8 Å². The molecule has 3 N–H and O–H groups in total. The smallest absolute Gasteiger partial charge is 0.247 e. The number of thioether (sulfide) groups is 1. The van der Waals surface area contributed by atoms with E-state index in [1.54, 1.807) is 0 Å². The Bertz CT molecular complexity index is 766. The Kier molecular flexibility index (Phi) is 3.53. The summed E-state index contributed by atoms with van der Waals surface area (Å²) in [6, 6.07) is 2.84. The van der Waals surface area contributed by atoms with E-state index in [9.17, 15) is 18.4 Å². The molecule has 22 heavy (non-hydrogen) atoms. The minimum absolute atomic E-state index is 0.00787. The number of carbonyl (C=O) groups is 2. The Morgan fingerprint density at radius 1 is 1.32 bits per heavy atom. The summed E-state index contributed by atoms with van der Waals surface area (Å²) in [4.78, 5) is 29.0. The summed E-state index contributed by atoms with van der Waals surface area (Å²) in [6.45, 7) is 0. The van der Waals surface area contributed by atoms with Gasteiger partial charge in [0.1, 0.15) is 5.25 Å². The molecule has 10 heteroatoms. The Morgan fingerprint density at radius 3 is 2.73 bits per heavy atom. The van der Waals surface area contributed by atoms with Crippen molar-refractivity contribution in [1.82, 2.24) is 15.2 Å². The van der Waals surface area contributed by atoms with Crippen molar-refractivity contribution in [3.8, 4) is 0 Å². The lowest BCUT2D eigenvalue weighted by atomic mass is 10.3. The highest BCUT2D eigenvalue weighted by Gasteiger charge is 2.41. The summed E-state index contributed by atoms with van der Waals surface area (Å²) in [5.74, 6) is -3.13. The van der Waals surface area contributed by atoms with Gasteiger partial charge in [-0.25, -0.2) is 18.8 Å². The minimum Gasteiger partial charge on any atom is -0.368 e. The van der Waals surface area contributed by atoms with Crippen LogP contribution in [0.15, 0.2) is 23.4 Å². The Labute approximate surface area is 126 Å². The van der Waals surface area contributed by atoms with E-state index in [1.165, 1.54) is 6.07 Å². The first kappa shape index (κ1) is 14.4. The quantitative estimate of drug-likeness (QED) is 0.819. The van der Waals surface area contributed by atoms with Crippen molar-refractivity contribution in [3.05, 3.63) is 29.8 Å². The second-order valence-corrected chi connectivity index (χ2v) is 5.65. The van der Waals surface area contributed by atoms with Crippen LogP contribution in [-0.4, -0.2) is 32.2 Å². The topological polar surface area (TPSA) is 105 Å². The molecule has 1 aromatic heterocycles. The number of amides is 2. The molecule has 0 saturated carbocycles. The number of aromatic nitrogens is 3. The molecular weight excluding hydrogens is 316 g/mol. The summed E-state index contributed by atoms with van der Waals surface area (Å²) in [5, 5.41) is 5.68. The fraction of sp³-hybridized carbons (Fsp3) is 0.167. The van der Waals surface area contributed by atoms with Crippen LogP contribution < -0.4 is 10.6 Å². The monoisotopic (exact) mass is 325 g/mol. The molecule has 7 nitrogen and oxygen atoms in total. The summed E-state index contributed by atoms with van der Waals surface area (Å²) < 4.78 is 26.2. The largest absolute Gasteiger partial charge is 0.368 e. The van der Waals surface area contributed by atoms with Gasteiger partial charge in [0.25, 0.3) is 0 Å². The van der Waals surface area contributed by atoms with Gasteiger partial charge in [-0.05, 0) is 12.1 Å². The molecular formula is C12H9F2N5O2S. The lowest BCUT2D eigenvalue weighted by molar-refractivity contribution is -0.121. The van der Waals surface area contributed by atoms with Gasteiger partial charge in [-0.2, -0.15) is 4.98 Å². The number of anilines is 2. The number of benzene rings is 1. The van der Waals surface area contributed by atoms with Crippen molar-refractivity contribution in [2.45, 2.75) is 16.8 Å². The molecule has 1 aromatic carbocycles. The fourth-order valence-electron chi connectivity index (χ4n) is 2.03. The van der Waals surface area contributed by atoms with Gasteiger partial charge in [-0.3, -0.25) is 9.59 Å². The molecule has 1 aliphatic rings. The maximum atomic E-state index is 13.3. The van der Waals surface area contributed by atoms with Crippen molar-refractivity contribution in [1.29, 1.82) is 0 Å². The zero-order chi connectivity index (χ0) is 15.9. The summed E-state index contributed by atoms with van der Waals surface area (Å²) in [5.41, 5.74) is 5.37. The fourth-order valence-corrected chi connectivity index (χ4v) is 2.97. The van der Waals surface area contributed by atoms with Gasteiger partial charge in [-0.15, -0.1) is 5.10 Å². The van der Waals surface area contributed by atoms with Crippen molar-refractivity contribution in [3.63, 3.8) is 0 Å². The highest BCUT2D eigenvalue weighted by atomic mass is 32.2. The first-order valence-electron chi connectivity index (χ1n) is 6.12. The first-order valence-corrected chi connectivity index (χ1v) is 7.00. The zero-order valence-electron chi connectivity index (χ0n) is 10.9. The zero-order valence-corrected chi connectivity index (χ0v) is 11.7. The number of nitrogen functional groups attached to an aromatic ring is 1. The molecule has 1 saturated heterocycles. The average Bonchev–Trinajstić information content (AvgIpc) is 2.98. The van der Waals surface area contributed by atoms with Gasteiger partial charge in [0.2, 0.25) is 22.9 Å². The molecule has 0 radical (unpaired) electrons. The average molecular weight is 325 g/mol. The Morgan fingerprint density at radius 2 is 2.09 bits per heavy atom. The maximum Gasteiger partial charge on any atom is 0.247 e. The third-order valence-electron chi connectivity index (χ3n) is 3.00. The van der Waals surface area contributed by atoms with Crippen LogP contribution in [0.25, 0.3) is 0 Å². The number of H-pyrrole nitrogens is 1. The van der Waals surface area contributed by atoms with Crippen molar-refractivity contribution >= 4 is 35.2 Å². The van der Waals surface area contributed by atoms with Crippen LogP contribution in [0.5, 0.6) is 0 Å². The lowest BCUT2D eigenvalue weighted by Gasteiger charge is -2.14. The van der Waals surface area contributed by atoms with Gasteiger partial charge < -0.3 is 5.73 Å². The number of nitrogens with one attached hydrogen (secondary N) is 1. The van der Waals surface area contributed by atoms with E-state index in [0.29, 0.717) is 0 Å². The number of halogens is 2. The molecule has 0 bridgehead atoms. The van der Waals surface area contributed by atoms with Crippen LogP contribution in [-0.2, 0) is 9.59 Å². The predicted octanol–water partition coefficient (Wildman–Crippen LogP) is 1.09. The summed E-state index contributed by atoms with van der Waals surface area (Å²) in [6.07, 6.45) is -0.0864. The van der Waals surface area contributed by atoms with E-state index in [-0.39, 0.29) is 23.2 Å². The molecule has 114 valence electrons. The summed E-state index contributed by atoms with van der Waals surface area (Å²) in [7, 11) is 0. The highest BCUT2D eigenvalue weighted by molar-refractivity contribution is 8.00. The number of nitrogens with zero attached hydrogens (tertiary/aromatic N) is 3. The van der Waals surface area contributed by atoms with Gasteiger partial charge in [0.05, 0.1) is 5.69 Å². The molecule has 0 aliphatic carbocycles. The first-order chi connectivity index (χ1) is 10.5. The number of hydrogen-bond donors (Lipinski definition) is 2. The van der Waals surface area contributed by atoms with Gasteiger partial charge in [-0.1, -0.05) is 11.8 Å². The van der Waals surface area contributed by atoms with Crippen molar-refractivity contribution in [2.75, 3.05) is 10.6 Å². The molecule has 2 amide bonds. The molecule has 2 heterocycles. The summed E-state index contributed by atoms with van der Waals surface area (Å²) >= 11 is 0.976. The molecule has 1 unspecified atom stereocenters. The molecule has 2 aromatic rings. The van der Waals surface area contributed by atoms with E-state index >= 15 is 0 Å². The number of rotatable bonds is 3. The maximum absolute atomic E-state index is 13.3. The molecule has 0 spiro atoms. The minimum atomic E-state index is -1.13. The normalized spacial score (nSPS) is 18.3. The second-order valence-electron chi connectivity index (χ2n) is 4.48. The molecule has 1 aliphatic heterocycles. The van der Waals surface area contributed by atoms with E-state index < -0.39 is 28.7 Å². The van der Waals surface area contributed by atoms with Crippen molar-refractivity contribution < 1.29 is 18.4 Å². The van der Waals surface area contributed by atoms with E-state index in [4.69, 9.17) is 5.73 Å². The number of carbonyl (C=O) groups excluding carboxylic acids is 2. The van der Waals surface area contributed by atoms with E-state index in [1.807, 2.05) is 0 Å². The Balaban J connectivity index is 1.83. The SMILES string of the molecule is Nc1nc(SC2CC(=O)N(c3ccc(F)c(F)c3)C2=O)n[nH]1. The van der Waals surface area contributed by atoms with Gasteiger partial charge in [0, 0.05) is 12.5 Å². The van der Waals surface area contributed by atoms with E-state index in [2.05, 4.69) is 15.2 Å². The third-order valence-corrected chi connectivity index (χ3v) is 4.04. The standard InChI is InChI=1S/C12H9F2N5O2S/c13-6-2-1-5(3-7(6)14)19-9(20)4-8(10(19)21)22-12-16-11(15)17-18-12/h1-3,8H,4H2,(H3,15,16,17,18).